The van der Waals surface area contributed by atoms with Gasteiger partial charge in [-0.25, -0.2) is 0 Å². The third-order valence-corrected chi connectivity index (χ3v) is 5.83. The summed E-state index contributed by atoms with van der Waals surface area (Å²) in [4.78, 5) is 16.3. The van der Waals surface area contributed by atoms with E-state index in [1.165, 1.54) is 5.56 Å². The number of benzene rings is 1. The Labute approximate surface area is 162 Å². The van der Waals surface area contributed by atoms with Crippen molar-refractivity contribution in [3.63, 3.8) is 0 Å². The van der Waals surface area contributed by atoms with Crippen molar-refractivity contribution in [2.75, 3.05) is 53.6 Å². The predicted octanol–water partition coefficient (Wildman–Crippen LogP) is 2.33. The number of carbonyl (C=O) groups is 1. The molecular formula is C21H32N2O4. The fraction of sp³-hybridized carbons (Fsp3) is 0.667. The van der Waals surface area contributed by atoms with Crippen LogP contribution in [0, 0.1) is 11.3 Å². The molecule has 1 unspecified atom stereocenters. The van der Waals surface area contributed by atoms with Crippen LogP contribution in [0.1, 0.15) is 24.8 Å². The van der Waals surface area contributed by atoms with E-state index in [9.17, 15) is 9.90 Å². The van der Waals surface area contributed by atoms with Crippen LogP contribution in [0.4, 0.5) is 0 Å². The van der Waals surface area contributed by atoms with E-state index in [-0.39, 0.29) is 11.3 Å². The Kier molecular flexibility index (Phi) is 6.73. The number of ether oxygens (including phenoxy) is 2. The van der Waals surface area contributed by atoms with Crippen LogP contribution in [0.25, 0.3) is 0 Å². The van der Waals surface area contributed by atoms with Gasteiger partial charge in [0.15, 0.2) is 0 Å². The van der Waals surface area contributed by atoms with Crippen molar-refractivity contribution in [2.24, 2.45) is 11.3 Å². The van der Waals surface area contributed by atoms with Crippen molar-refractivity contribution in [1.29, 1.82) is 0 Å². The number of carboxylic acids is 1. The van der Waals surface area contributed by atoms with Crippen molar-refractivity contribution in [3.05, 3.63) is 29.8 Å². The molecule has 3 rings (SSSR count). The van der Waals surface area contributed by atoms with Crippen LogP contribution >= 0.6 is 0 Å². The number of nitrogens with zero attached hydrogens (tertiary/aromatic N) is 2. The Bertz CT molecular complexity index is 628. The van der Waals surface area contributed by atoms with Crippen molar-refractivity contribution < 1.29 is 19.4 Å². The van der Waals surface area contributed by atoms with Crippen molar-refractivity contribution in [3.8, 4) is 5.75 Å². The summed E-state index contributed by atoms with van der Waals surface area (Å²) in [6.07, 6.45) is 2.68. The number of hydrogen-bond acceptors (Lipinski definition) is 5. The van der Waals surface area contributed by atoms with E-state index in [2.05, 4.69) is 36.0 Å². The van der Waals surface area contributed by atoms with Gasteiger partial charge in [-0.05, 0) is 51.1 Å². The lowest BCUT2D eigenvalue weighted by molar-refractivity contribution is -0.147. The zero-order valence-electron chi connectivity index (χ0n) is 16.5. The first kappa shape index (κ1) is 20.1. The maximum absolute atomic E-state index is 11.8. The maximum Gasteiger partial charge on any atom is 0.308 e. The second-order valence-corrected chi connectivity index (χ2v) is 8.19. The van der Waals surface area contributed by atoms with Crippen LogP contribution in [-0.4, -0.2) is 74.4 Å². The minimum Gasteiger partial charge on any atom is -0.494 e. The second kappa shape index (κ2) is 9.04. The Morgan fingerprint density at radius 1 is 1.37 bits per heavy atom. The van der Waals surface area contributed by atoms with Crippen LogP contribution < -0.4 is 4.74 Å². The van der Waals surface area contributed by atoms with Gasteiger partial charge in [-0.3, -0.25) is 9.69 Å². The van der Waals surface area contributed by atoms with Gasteiger partial charge < -0.3 is 19.5 Å². The summed E-state index contributed by atoms with van der Waals surface area (Å²) < 4.78 is 11.4. The molecule has 1 aromatic carbocycles. The highest BCUT2D eigenvalue weighted by Crippen LogP contribution is 2.44. The molecule has 27 heavy (non-hydrogen) atoms. The van der Waals surface area contributed by atoms with E-state index >= 15 is 0 Å². The fourth-order valence-corrected chi connectivity index (χ4v) is 4.38. The molecular weight excluding hydrogens is 344 g/mol. The predicted molar refractivity (Wildman–Crippen MR) is 104 cm³/mol. The first-order chi connectivity index (χ1) is 13.0. The van der Waals surface area contributed by atoms with Crippen LogP contribution in [0.3, 0.4) is 0 Å². The average Bonchev–Trinajstić information content (AvgIpc) is 2.97. The zero-order valence-corrected chi connectivity index (χ0v) is 16.5. The van der Waals surface area contributed by atoms with Gasteiger partial charge in [0.1, 0.15) is 5.75 Å². The van der Waals surface area contributed by atoms with Gasteiger partial charge in [0, 0.05) is 44.8 Å². The largest absolute Gasteiger partial charge is 0.494 e. The molecule has 2 fully saturated rings. The third-order valence-electron chi connectivity index (χ3n) is 5.83. The molecule has 2 heterocycles. The number of aliphatic carboxylic acids is 1. The molecule has 0 bridgehead atoms. The molecule has 2 saturated heterocycles. The highest BCUT2D eigenvalue weighted by atomic mass is 16.5. The monoisotopic (exact) mass is 376 g/mol. The van der Waals surface area contributed by atoms with Crippen LogP contribution in [0.2, 0.25) is 0 Å². The molecule has 0 aromatic heterocycles. The van der Waals surface area contributed by atoms with Gasteiger partial charge in [0.25, 0.3) is 0 Å². The van der Waals surface area contributed by atoms with Gasteiger partial charge in [0.05, 0.1) is 12.5 Å². The van der Waals surface area contributed by atoms with Crippen LogP contribution in [0.15, 0.2) is 24.3 Å². The number of carboxylic acid groups (broad SMARTS) is 1. The molecule has 2 aliphatic rings. The summed E-state index contributed by atoms with van der Waals surface area (Å²) in [5.74, 6) is -0.0785. The normalized spacial score (nSPS) is 22.4. The molecule has 150 valence electrons. The van der Waals surface area contributed by atoms with E-state index in [0.717, 1.165) is 44.6 Å². The zero-order chi connectivity index (χ0) is 19.3. The summed E-state index contributed by atoms with van der Waals surface area (Å²) in [6.45, 7) is 5.28. The quantitative estimate of drug-likeness (QED) is 0.703. The highest BCUT2D eigenvalue weighted by Gasteiger charge is 2.50. The maximum atomic E-state index is 11.8. The Morgan fingerprint density at radius 3 is 2.85 bits per heavy atom. The highest BCUT2D eigenvalue weighted by molar-refractivity contribution is 5.72. The summed E-state index contributed by atoms with van der Waals surface area (Å²) in [7, 11) is 4.12. The number of hydrogen-bond donors (Lipinski definition) is 1. The smallest absolute Gasteiger partial charge is 0.308 e. The van der Waals surface area contributed by atoms with E-state index < -0.39 is 5.97 Å². The molecule has 1 spiro atoms. The van der Waals surface area contributed by atoms with Gasteiger partial charge in [0.2, 0.25) is 0 Å². The summed E-state index contributed by atoms with van der Waals surface area (Å²) in [6, 6.07) is 8.19. The van der Waals surface area contributed by atoms with Crippen LogP contribution in [-0.2, 0) is 16.1 Å². The minimum absolute atomic E-state index is 0.135. The third kappa shape index (κ3) is 5.21. The molecule has 0 aliphatic carbocycles. The number of likely N-dealkylation sites (tertiary alicyclic amines) is 1. The Hall–Kier alpha value is -1.63. The lowest BCUT2D eigenvalue weighted by atomic mass is 9.72. The molecule has 6 heteroatoms. The number of rotatable bonds is 8. The summed E-state index contributed by atoms with van der Waals surface area (Å²) in [5.41, 5.74) is 1.04. The molecule has 1 aromatic rings. The van der Waals surface area contributed by atoms with E-state index in [1.54, 1.807) is 0 Å². The first-order valence-corrected chi connectivity index (χ1v) is 9.88. The van der Waals surface area contributed by atoms with E-state index in [1.807, 2.05) is 12.1 Å². The van der Waals surface area contributed by atoms with Gasteiger partial charge in [-0.15, -0.1) is 0 Å². The SMILES string of the molecule is CN(C)CCCOc1cccc(CN2CC(C(=O)O)C3(CCOCC3)C2)c1. The average molecular weight is 376 g/mol. The van der Waals surface area contributed by atoms with Gasteiger partial charge in [-0.2, -0.15) is 0 Å². The second-order valence-electron chi connectivity index (χ2n) is 8.19. The molecule has 1 N–H and O–H groups in total. The summed E-state index contributed by atoms with van der Waals surface area (Å²) >= 11 is 0. The topological polar surface area (TPSA) is 62.2 Å². The molecule has 0 radical (unpaired) electrons. The molecule has 0 amide bonds. The fourth-order valence-electron chi connectivity index (χ4n) is 4.38. The Morgan fingerprint density at radius 2 is 2.15 bits per heavy atom. The van der Waals surface area contributed by atoms with Crippen LogP contribution in [0.5, 0.6) is 5.75 Å². The molecule has 0 saturated carbocycles. The standard InChI is InChI=1S/C21H32N2O4/c1-22(2)9-4-10-27-18-6-3-5-17(13-18)14-23-15-19(20(24)25)21(16-23)7-11-26-12-8-21/h3,5-6,13,19H,4,7-12,14-16H2,1-2H3,(H,24,25). The van der Waals surface area contributed by atoms with E-state index in [0.29, 0.717) is 26.4 Å². The Balaban J connectivity index is 1.58. The summed E-state index contributed by atoms with van der Waals surface area (Å²) in [5, 5.41) is 9.73. The van der Waals surface area contributed by atoms with Gasteiger partial charge in [-0.1, -0.05) is 12.1 Å². The molecule has 1 atom stereocenters. The lowest BCUT2D eigenvalue weighted by Gasteiger charge is -2.36. The molecule has 6 nitrogen and oxygen atoms in total. The van der Waals surface area contributed by atoms with Crippen molar-refractivity contribution in [2.45, 2.75) is 25.8 Å². The molecule has 2 aliphatic heterocycles. The lowest BCUT2D eigenvalue weighted by Crippen LogP contribution is -2.40. The van der Waals surface area contributed by atoms with Crippen molar-refractivity contribution >= 4 is 5.97 Å². The first-order valence-electron chi connectivity index (χ1n) is 9.88. The van der Waals surface area contributed by atoms with Crippen molar-refractivity contribution in [1.82, 2.24) is 9.80 Å². The van der Waals surface area contributed by atoms with E-state index in [4.69, 9.17) is 9.47 Å². The van der Waals surface area contributed by atoms with Gasteiger partial charge >= 0.3 is 5.97 Å². The minimum atomic E-state index is -0.669.